The minimum atomic E-state index is -3.41. The lowest BCUT2D eigenvalue weighted by atomic mass is 9.76. The number of piperazine rings is 1. The second-order valence-corrected chi connectivity index (χ2v) is 8.70. The predicted molar refractivity (Wildman–Crippen MR) is 82.0 cm³/mol. The van der Waals surface area contributed by atoms with Crippen LogP contribution in [0.2, 0.25) is 0 Å². The van der Waals surface area contributed by atoms with Crippen molar-refractivity contribution in [3.63, 3.8) is 0 Å². The molecule has 1 heterocycles. The average Bonchev–Trinajstić information content (AvgIpc) is 2.30. The number of ether oxygens (including phenoxy) is 1. The van der Waals surface area contributed by atoms with Gasteiger partial charge in [-0.3, -0.25) is 4.18 Å². The molecule has 1 aliphatic heterocycles. The highest BCUT2D eigenvalue weighted by Crippen LogP contribution is 2.36. The van der Waals surface area contributed by atoms with Crippen LogP contribution in [0.25, 0.3) is 0 Å². The number of hydrogen-bond donors (Lipinski definition) is 1. The molecule has 1 atom stereocenters. The molecule has 1 N–H and O–H groups in total. The molecule has 0 aromatic carbocycles. The second kappa shape index (κ2) is 6.33. The third-order valence-electron chi connectivity index (χ3n) is 3.90. The van der Waals surface area contributed by atoms with Crippen LogP contribution in [-0.4, -0.2) is 63.0 Å². The fraction of sp³-hybridized carbons (Fsp3) is 0.929. The van der Waals surface area contributed by atoms with Gasteiger partial charge >= 0.3 is 6.09 Å². The minimum Gasteiger partial charge on any atom is -0.444 e. The molecule has 1 aliphatic carbocycles. The summed E-state index contributed by atoms with van der Waals surface area (Å²) in [6.45, 7) is 7.60. The van der Waals surface area contributed by atoms with Crippen molar-refractivity contribution in [2.24, 2.45) is 5.92 Å². The summed E-state index contributed by atoms with van der Waals surface area (Å²) >= 11 is 0. The van der Waals surface area contributed by atoms with Gasteiger partial charge in [0.2, 0.25) is 0 Å². The molecule has 1 unspecified atom stereocenters. The Bertz CT molecular complexity index is 508. The number of nitrogens with zero attached hydrogens (tertiary/aromatic N) is 1. The van der Waals surface area contributed by atoms with E-state index in [1.54, 1.807) is 4.90 Å². The van der Waals surface area contributed by atoms with E-state index >= 15 is 0 Å². The van der Waals surface area contributed by atoms with Crippen LogP contribution in [0.3, 0.4) is 0 Å². The number of carbonyl (C=O) groups is 1. The summed E-state index contributed by atoms with van der Waals surface area (Å²) in [5, 5.41) is 3.29. The van der Waals surface area contributed by atoms with Crippen molar-refractivity contribution >= 4 is 16.2 Å². The van der Waals surface area contributed by atoms with E-state index in [-0.39, 0.29) is 24.2 Å². The first-order valence-corrected chi connectivity index (χ1v) is 9.45. The van der Waals surface area contributed by atoms with Crippen molar-refractivity contribution in [3.05, 3.63) is 0 Å². The minimum absolute atomic E-state index is 0.0306. The van der Waals surface area contributed by atoms with Crippen LogP contribution in [0.1, 0.15) is 33.6 Å². The van der Waals surface area contributed by atoms with E-state index in [0.29, 0.717) is 25.9 Å². The van der Waals surface area contributed by atoms with Gasteiger partial charge in [0.05, 0.1) is 18.4 Å². The number of hydrogen-bond acceptors (Lipinski definition) is 6. The lowest BCUT2D eigenvalue weighted by molar-refractivity contribution is -0.0232. The maximum absolute atomic E-state index is 12.3. The summed E-state index contributed by atoms with van der Waals surface area (Å²) in [6, 6.07) is 0.0306. The Morgan fingerprint density at radius 1 is 1.27 bits per heavy atom. The van der Waals surface area contributed by atoms with E-state index in [9.17, 15) is 13.2 Å². The van der Waals surface area contributed by atoms with Crippen LogP contribution in [0.4, 0.5) is 4.79 Å². The smallest absolute Gasteiger partial charge is 0.410 e. The van der Waals surface area contributed by atoms with Crippen molar-refractivity contribution in [1.29, 1.82) is 0 Å². The van der Waals surface area contributed by atoms with Crippen molar-refractivity contribution in [1.82, 2.24) is 10.2 Å². The van der Waals surface area contributed by atoms with Gasteiger partial charge in [0.15, 0.2) is 0 Å². The van der Waals surface area contributed by atoms with Crippen LogP contribution in [0, 0.1) is 5.92 Å². The Balaban J connectivity index is 1.93. The molecular weight excluding hydrogens is 308 g/mol. The largest absolute Gasteiger partial charge is 0.444 e. The fourth-order valence-corrected chi connectivity index (χ4v) is 3.59. The molecule has 2 fully saturated rings. The Kier molecular flexibility index (Phi) is 5.03. The first kappa shape index (κ1) is 17.5. The van der Waals surface area contributed by atoms with Crippen LogP contribution < -0.4 is 5.32 Å². The van der Waals surface area contributed by atoms with Gasteiger partial charge in [0, 0.05) is 19.6 Å². The monoisotopic (exact) mass is 334 g/mol. The van der Waals surface area contributed by atoms with Gasteiger partial charge in [-0.05, 0) is 39.5 Å². The zero-order chi connectivity index (χ0) is 16.5. The summed E-state index contributed by atoms with van der Waals surface area (Å²) in [7, 11) is -3.41. The first-order chi connectivity index (χ1) is 10.1. The quantitative estimate of drug-likeness (QED) is 0.774. The summed E-state index contributed by atoms with van der Waals surface area (Å²) in [4.78, 5) is 14.1. The molecule has 0 aromatic heterocycles. The van der Waals surface area contributed by atoms with Crippen LogP contribution in [0.15, 0.2) is 0 Å². The number of rotatable bonds is 3. The van der Waals surface area contributed by atoms with Gasteiger partial charge in [-0.2, -0.15) is 8.42 Å². The molecule has 7 nitrogen and oxygen atoms in total. The van der Waals surface area contributed by atoms with E-state index in [1.165, 1.54) is 0 Å². The Hall–Kier alpha value is -0.860. The molecule has 0 radical (unpaired) electrons. The van der Waals surface area contributed by atoms with Gasteiger partial charge in [0.1, 0.15) is 5.60 Å². The molecule has 2 rings (SSSR count). The number of carbonyl (C=O) groups excluding carboxylic acids is 1. The van der Waals surface area contributed by atoms with Crippen molar-refractivity contribution in [3.8, 4) is 0 Å². The lowest BCUT2D eigenvalue weighted by Crippen LogP contribution is -2.60. The second-order valence-electron chi connectivity index (χ2n) is 7.10. The maximum atomic E-state index is 12.3. The Labute approximate surface area is 132 Å². The molecule has 8 heteroatoms. The maximum Gasteiger partial charge on any atom is 0.410 e. The SMILES string of the molecule is CC(C)(C)OC(=O)N1CCNCC1C1CC(OS(C)(=O)=O)C1. The standard InChI is InChI=1S/C14H26N2O5S/c1-14(2,3)20-13(17)16-6-5-15-9-12(16)10-7-11(8-10)21-22(4,18)19/h10-12,15H,5-9H2,1-4H3. The van der Waals surface area contributed by atoms with Crippen LogP contribution in [-0.2, 0) is 19.0 Å². The fourth-order valence-electron chi connectivity index (χ4n) is 2.94. The molecule has 0 bridgehead atoms. The van der Waals surface area contributed by atoms with Gasteiger partial charge in [-0.25, -0.2) is 4.79 Å². The predicted octanol–water partition coefficient (Wildman–Crippen LogP) is 0.950. The molecule has 128 valence electrons. The molecule has 1 amide bonds. The highest BCUT2D eigenvalue weighted by molar-refractivity contribution is 7.86. The molecule has 2 aliphatic rings. The zero-order valence-corrected chi connectivity index (χ0v) is 14.5. The topological polar surface area (TPSA) is 84.9 Å². The van der Waals surface area contributed by atoms with E-state index in [2.05, 4.69) is 5.32 Å². The van der Waals surface area contributed by atoms with Crippen LogP contribution in [0.5, 0.6) is 0 Å². The zero-order valence-electron chi connectivity index (χ0n) is 13.7. The molecule has 1 saturated heterocycles. The highest BCUT2D eigenvalue weighted by Gasteiger charge is 2.43. The van der Waals surface area contributed by atoms with E-state index in [1.807, 2.05) is 20.8 Å². The molecular formula is C14H26N2O5S. The summed E-state index contributed by atoms with van der Waals surface area (Å²) < 4.78 is 32.7. The van der Waals surface area contributed by atoms with E-state index < -0.39 is 15.7 Å². The lowest BCUT2D eigenvalue weighted by Gasteiger charge is -2.46. The van der Waals surface area contributed by atoms with Crippen LogP contribution >= 0.6 is 0 Å². The average molecular weight is 334 g/mol. The normalized spacial score (nSPS) is 29.8. The van der Waals surface area contributed by atoms with Gasteiger partial charge in [0.25, 0.3) is 10.1 Å². The third-order valence-corrected chi connectivity index (χ3v) is 4.52. The third kappa shape index (κ3) is 4.82. The van der Waals surface area contributed by atoms with Gasteiger partial charge in [-0.15, -0.1) is 0 Å². The molecule has 0 aromatic rings. The number of amides is 1. The summed E-state index contributed by atoms with van der Waals surface area (Å²) in [5.74, 6) is 0.243. The van der Waals surface area contributed by atoms with Crippen molar-refractivity contribution in [2.45, 2.75) is 51.4 Å². The van der Waals surface area contributed by atoms with E-state index in [0.717, 1.165) is 12.8 Å². The summed E-state index contributed by atoms with van der Waals surface area (Å²) in [6.07, 6.45) is 1.81. The van der Waals surface area contributed by atoms with Gasteiger partial charge in [-0.1, -0.05) is 0 Å². The van der Waals surface area contributed by atoms with Crippen molar-refractivity contribution in [2.75, 3.05) is 25.9 Å². The first-order valence-electron chi connectivity index (χ1n) is 7.64. The Morgan fingerprint density at radius 2 is 1.91 bits per heavy atom. The highest BCUT2D eigenvalue weighted by atomic mass is 32.2. The molecule has 22 heavy (non-hydrogen) atoms. The Morgan fingerprint density at radius 3 is 2.45 bits per heavy atom. The van der Waals surface area contributed by atoms with E-state index in [4.69, 9.17) is 8.92 Å². The van der Waals surface area contributed by atoms with Crippen molar-refractivity contribution < 1.29 is 22.1 Å². The van der Waals surface area contributed by atoms with Gasteiger partial charge < -0.3 is 15.0 Å². The summed E-state index contributed by atoms with van der Waals surface area (Å²) in [5.41, 5.74) is -0.520. The molecule has 0 spiro atoms. The molecule has 1 saturated carbocycles. The number of nitrogens with one attached hydrogen (secondary N) is 1.